The third-order valence-electron chi connectivity index (χ3n) is 3.71. The molecule has 0 N–H and O–H groups in total. The normalized spacial score (nSPS) is 11.6. The molecule has 0 radical (unpaired) electrons. The highest BCUT2D eigenvalue weighted by Gasteiger charge is 2.16. The van der Waals surface area contributed by atoms with Crippen LogP contribution >= 0.6 is 15.9 Å². The molecule has 22 heavy (non-hydrogen) atoms. The van der Waals surface area contributed by atoms with Gasteiger partial charge in [-0.3, -0.25) is 0 Å². The van der Waals surface area contributed by atoms with Gasteiger partial charge in [0.15, 0.2) is 0 Å². The number of rotatable bonds is 3. The Balaban J connectivity index is 2.10. The highest BCUT2D eigenvalue weighted by atomic mass is 79.9. The summed E-state index contributed by atoms with van der Waals surface area (Å²) in [6, 6.07) is 28.9. The van der Waals surface area contributed by atoms with Crippen LogP contribution in [0.3, 0.4) is 0 Å². The van der Waals surface area contributed by atoms with E-state index in [0.29, 0.717) is 5.56 Å². The van der Waals surface area contributed by atoms with Gasteiger partial charge in [-0.05, 0) is 41.0 Å². The molecule has 0 aliphatic rings. The maximum absolute atomic E-state index is 8.98. The molecule has 1 nitrogen and oxygen atoms in total. The summed E-state index contributed by atoms with van der Waals surface area (Å²) in [6.07, 6.45) is 0. The standard InChI is InChI=1S/C20H14BrN/c21-19-12-10-18(11-13-19)20(16-4-2-1-3-5-16)17-8-6-15(14-22)7-9-17/h1-13,20H. The van der Waals surface area contributed by atoms with Crippen LogP contribution in [0.1, 0.15) is 28.2 Å². The lowest BCUT2D eigenvalue weighted by Gasteiger charge is -2.19. The summed E-state index contributed by atoms with van der Waals surface area (Å²) in [5.41, 5.74) is 4.35. The Morgan fingerprint density at radius 1 is 0.682 bits per heavy atom. The van der Waals surface area contributed by atoms with Crippen molar-refractivity contribution in [3.63, 3.8) is 0 Å². The summed E-state index contributed by atoms with van der Waals surface area (Å²) < 4.78 is 1.07. The summed E-state index contributed by atoms with van der Waals surface area (Å²) in [5, 5.41) is 8.98. The molecule has 0 bridgehead atoms. The van der Waals surface area contributed by atoms with Gasteiger partial charge in [-0.25, -0.2) is 0 Å². The van der Waals surface area contributed by atoms with Gasteiger partial charge in [-0.15, -0.1) is 0 Å². The molecule has 3 aromatic rings. The van der Waals surface area contributed by atoms with Crippen molar-refractivity contribution < 1.29 is 0 Å². The van der Waals surface area contributed by atoms with Gasteiger partial charge >= 0.3 is 0 Å². The van der Waals surface area contributed by atoms with Gasteiger partial charge in [0.2, 0.25) is 0 Å². The zero-order valence-corrected chi connectivity index (χ0v) is 13.5. The molecule has 0 fully saturated rings. The summed E-state index contributed by atoms with van der Waals surface area (Å²) in [5.74, 6) is 0.169. The fourth-order valence-corrected chi connectivity index (χ4v) is 2.89. The highest BCUT2D eigenvalue weighted by molar-refractivity contribution is 9.10. The molecule has 0 aromatic heterocycles. The second kappa shape index (κ2) is 6.60. The minimum absolute atomic E-state index is 0.169. The Bertz CT molecular complexity index is 784. The first kappa shape index (κ1) is 14.6. The largest absolute Gasteiger partial charge is 0.192 e. The molecule has 106 valence electrons. The van der Waals surface area contributed by atoms with E-state index in [0.717, 1.165) is 4.47 Å². The second-order valence-electron chi connectivity index (χ2n) is 5.13. The predicted molar refractivity (Wildman–Crippen MR) is 92.7 cm³/mol. The fourth-order valence-electron chi connectivity index (χ4n) is 2.63. The average molecular weight is 348 g/mol. The van der Waals surface area contributed by atoms with Gasteiger partial charge in [0.05, 0.1) is 11.6 Å². The lowest BCUT2D eigenvalue weighted by molar-refractivity contribution is 0.976. The van der Waals surface area contributed by atoms with E-state index in [1.165, 1.54) is 16.7 Å². The Hall–Kier alpha value is -2.37. The Morgan fingerprint density at radius 2 is 1.18 bits per heavy atom. The zero-order chi connectivity index (χ0) is 15.4. The Morgan fingerprint density at radius 3 is 1.73 bits per heavy atom. The maximum atomic E-state index is 8.98. The van der Waals surface area contributed by atoms with E-state index >= 15 is 0 Å². The number of benzene rings is 3. The minimum atomic E-state index is 0.169. The molecule has 0 saturated carbocycles. The molecule has 2 heteroatoms. The van der Waals surface area contributed by atoms with Crippen LogP contribution in [0.4, 0.5) is 0 Å². The molecule has 0 saturated heterocycles. The van der Waals surface area contributed by atoms with E-state index < -0.39 is 0 Å². The topological polar surface area (TPSA) is 23.8 Å². The SMILES string of the molecule is N#Cc1ccc(C(c2ccccc2)c2ccc(Br)cc2)cc1. The molecule has 1 atom stereocenters. The molecule has 0 spiro atoms. The van der Waals surface area contributed by atoms with Gasteiger partial charge in [0, 0.05) is 10.4 Å². The fraction of sp³-hybridized carbons (Fsp3) is 0.0500. The molecular weight excluding hydrogens is 334 g/mol. The lowest BCUT2D eigenvalue weighted by atomic mass is 9.85. The molecule has 0 aliphatic heterocycles. The van der Waals surface area contributed by atoms with Crippen molar-refractivity contribution in [1.29, 1.82) is 5.26 Å². The van der Waals surface area contributed by atoms with Gasteiger partial charge < -0.3 is 0 Å². The number of nitrogens with zero attached hydrogens (tertiary/aromatic N) is 1. The number of halogens is 1. The van der Waals surface area contributed by atoms with E-state index in [1.807, 2.05) is 30.3 Å². The summed E-state index contributed by atoms with van der Waals surface area (Å²) in [7, 11) is 0. The number of hydrogen-bond acceptors (Lipinski definition) is 1. The van der Waals surface area contributed by atoms with Gasteiger partial charge in [0.25, 0.3) is 0 Å². The summed E-state index contributed by atoms with van der Waals surface area (Å²) in [6.45, 7) is 0. The van der Waals surface area contributed by atoms with Crippen molar-refractivity contribution in [3.8, 4) is 6.07 Å². The minimum Gasteiger partial charge on any atom is -0.192 e. The average Bonchev–Trinajstić information content (AvgIpc) is 2.58. The summed E-state index contributed by atoms with van der Waals surface area (Å²) >= 11 is 3.49. The van der Waals surface area contributed by atoms with Crippen LogP contribution in [0.25, 0.3) is 0 Å². The molecule has 0 aliphatic carbocycles. The molecule has 0 heterocycles. The van der Waals surface area contributed by atoms with Crippen molar-refractivity contribution >= 4 is 15.9 Å². The van der Waals surface area contributed by atoms with Crippen LogP contribution in [-0.2, 0) is 0 Å². The molecule has 3 aromatic carbocycles. The lowest BCUT2D eigenvalue weighted by Crippen LogP contribution is -2.03. The van der Waals surface area contributed by atoms with Crippen LogP contribution in [0.15, 0.2) is 83.3 Å². The van der Waals surface area contributed by atoms with E-state index in [4.69, 9.17) is 5.26 Å². The highest BCUT2D eigenvalue weighted by Crippen LogP contribution is 2.32. The molecular formula is C20H14BrN. The number of hydrogen-bond donors (Lipinski definition) is 0. The van der Waals surface area contributed by atoms with Crippen molar-refractivity contribution in [3.05, 3.63) is 106 Å². The predicted octanol–water partition coefficient (Wildman–Crippen LogP) is 5.50. The Labute approximate surface area is 139 Å². The third-order valence-corrected chi connectivity index (χ3v) is 4.24. The van der Waals surface area contributed by atoms with Gasteiger partial charge in [-0.2, -0.15) is 5.26 Å². The third kappa shape index (κ3) is 3.10. The van der Waals surface area contributed by atoms with Crippen LogP contribution in [0.2, 0.25) is 0 Å². The van der Waals surface area contributed by atoms with Crippen molar-refractivity contribution in [2.45, 2.75) is 5.92 Å². The first-order valence-electron chi connectivity index (χ1n) is 7.08. The van der Waals surface area contributed by atoms with E-state index in [-0.39, 0.29) is 5.92 Å². The van der Waals surface area contributed by atoms with Crippen LogP contribution in [-0.4, -0.2) is 0 Å². The monoisotopic (exact) mass is 347 g/mol. The van der Waals surface area contributed by atoms with E-state index in [2.05, 4.69) is 70.5 Å². The maximum Gasteiger partial charge on any atom is 0.0991 e. The van der Waals surface area contributed by atoms with Crippen molar-refractivity contribution in [1.82, 2.24) is 0 Å². The van der Waals surface area contributed by atoms with Crippen molar-refractivity contribution in [2.75, 3.05) is 0 Å². The second-order valence-corrected chi connectivity index (χ2v) is 6.04. The first-order chi connectivity index (χ1) is 10.8. The van der Waals surface area contributed by atoms with Crippen LogP contribution < -0.4 is 0 Å². The van der Waals surface area contributed by atoms with E-state index in [1.54, 1.807) is 0 Å². The van der Waals surface area contributed by atoms with Crippen LogP contribution in [0, 0.1) is 11.3 Å². The quantitative estimate of drug-likeness (QED) is 0.573. The Kier molecular flexibility index (Phi) is 4.37. The van der Waals surface area contributed by atoms with E-state index in [9.17, 15) is 0 Å². The number of nitriles is 1. The van der Waals surface area contributed by atoms with Crippen LogP contribution in [0.5, 0.6) is 0 Å². The first-order valence-corrected chi connectivity index (χ1v) is 7.88. The zero-order valence-electron chi connectivity index (χ0n) is 11.9. The molecule has 1 unspecified atom stereocenters. The smallest absolute Gasteiger partial charge is 0.0991 e. The molecule has 3 rings (SSSR count). The van der Waals surface area contributed by atoms with Crippen molar-refractivity contribution in [2.24, 2.45) is 0 Å². The van der Waals surface area contributed by atoms with Gasteiger partial charge in [-0.1, -0.05) is 70.5 Å². The summed E-state index contributed by atoms with van der Waals surface area (Å²) in [4.78, 5) is 0. The molecule has 0 amide bonds. The van der Waals surface area contributed by atoms with Gasteiger partial charge in [0.1, 0.15) is 0 Å².